The highest BCUT2D eigenvalue weighted by Crippen LogP contribution is 2.39. The van der Waals surface area contributed by atoms with Crippen LogP contribution in [0.2, 0.25) is 10.0 Å². The Kier molecular flexibility index (Phi) is 5.44. The highest BCUT2D eigenvalue weighted by molar-refractivity contribution is 7.23. The molecule has 0 unspecified atom stereocenters. The van der Waals surface area contributed by atoms with Gasteiger partial charge >= 0.3 is 0 Å². The fourth-order valence-corrected chi connectivity index (χ4v) is 6.11. The molecule has 3 nitrogen and oxygen atoms in total. The Hall–Kier alpha value is -2.44. The van der Waals surface area contributed by atoms with Gasteiger partial charge in [-0.2, -0.15) is 0 Å². The van der Waals surface area contributed by atoms with Crippen LogP contribution in [-0.2, 0) is 6.54 Å². The SMILES string of the molecule is Cc1c(Cl)ccc2sc(N(Cc3ccccc3)C(=O)c3sc4ccccc4c3Cl)nc12. The lowest BCUT2D eigenvalue weighted by Crippen LogP contribution is -2.29. The topological polar surface area (TPSA) is 33.2 Å². The molecule has 0 aliphatic heterocycles. The zero-order valence-corrected chi connectivity index (χ0v) is 19.6. The van der Waals surface area contributed by atoms with Gasteiger partial charge in [0.15, 0.2) is 5.13 Å². The van der Waals surface area contributed by atoms with E-state index in [1.807, 2.05) is 73.7 Å². The number of thiophene rings is 1. The first kappa shape index (κ1) is 20.5. The first-order valence-corrected chi connectivity index (χ1v) is 12.0. The molecule has 0 bridgehead atoms. The van der Waals surface area contributed by atoms with E-state index in [1.165, 1.54) is 22.7 Å². The average molecular weight is 483 g/mol. The number of rotatable bonds is 4. The summed E-state index contributed by atoms with van der Waals surface area (Å²) in [4.78, 5) is 20.8. The average Bonchev–Trinajstić information content (AvgIpc) is 3.37. The second kappa shape index (κ2) is 8.24. The lowest BCUT2D eigenvalue weighted by molar-refractivity contribution is 0.0989. The number of amides is 1. The van der Waals surface area contributed by atoms with Crippen LogP contribution in [0.1, 0.15) is 20.8 Å². The maximum atomic E-state index is 13.8. The van der Waals surface area contributed by atoms with Gasteiger partial charge in [0.05, 0.1) is 21.8 Å². The van der Waals surface area contributed by atoms with Crippen LogP contribution < -0.4 is 4.90 Å². The normalized spacial score (nSPS) is 11.3. The molecule has 0 saturated heterocycles. The zero-order valence-electron chi connectivity index (χ0n) is 16.4. The van der Waals surface area contributed by atoms with E-state index in [4.69, 9.17) is 28.2 Å². The summed E-state index contributed by atoms with van der Waals surface area (Å²) in [5.74, 6) is -0.155. The molecule has 1 amide bonds. The quantitative estimate of drug-likeness (QED) is 0.260. The molecule has 0 atom stereocenters. The number of carbonyl (C=O) groups is 1. The van der Waals surface area contributed by atoms with E-state index in [2.05, 4.69) is 0 Å². The Morgan fingerprint density at radius 3 is 2.45 bits per heavy atom. The van der Waals surface area contributed by atoms with Gasteiger partial charge in [-0.3, -0.25) is 9.69 Å². The number of anilines is 1. The Morgan fingerprint density at radius 2 is 1.68 bits per heavy atom. The molecule has 0 aliphatic carbocycles. The van der Waals surface area contributed by atoms with Crippen molar-refractivity contribution in [3.8, 4) is 0 Å². The predicted molar refractivity (Wildman–Crippen MR) is 133 cm³/mol. The number of nitrogens with zero attached hydrogens (tertiary/aromatic N) is 2. The molecule has 5 rings (SSSR count). The zero-order chi connectivity index (χ0) is 21.5. The van der Waals surface area contributed by atoms with E-state index < -0.39 is 0 Å². The lowest BCUT2D eigenvalue weighted by Gasteiger charge is -2.19. The molecule has 0 spiro atoms. The maximum Gasteiger partial charge on any atom is 0.272 e. The summed E-state index contributed by atoms with van der Waals surface area (Å²) in [6.07, 6.45) is 0. The largest absolute Gasteiger partial charge is 0.279 e. The highest BCUT2D eigenvalue weighted by Gasteiger charge is 2.26. The first-order chi connectivity index (χ1) is 15.0. The van der Waals surface area contributed by atoms with Crippen LogP contribution in [-0.4, -0.2) is 10.9 Å². The van der Waals surface area contributed by atoms with Crippen molar-refractivity contribution in [2.24, 2.45) is 0 Å². The molecular formula is C24H16Cl2N2OS2. The first-order valence-electron chi connectivity index (χ1n) is 9.61. The van der Waals surface area contributed by atoms with Gasteiger partial charge in [0.2, 0.25) is 0 Å². The number of carbonyl (C=O) groups excluding carboxylic acids is 1. The molecule has 2 aromatic heterocycles. The fraction of sp³-hybridized carbons (Fsp3) is 0.0833. The van der Waals surface area contributed by atoms with Crippen LogP contribution in [0.15, 0.2) is 66.7 Å². The minimum atomic E-state index is -0.155. The number of hydrogen-bond donors (Lipinski definition) is 0. The molecule has 7 heteroatoms. The molecule has 0 fully saturated rings. The van der Waals surface area contributed by atoms with Gasteiger partial charge in [-0.15, -0.1) is 11.3 Å². The smallest absolute Gasteiger partial charge is 0.272 e. The van der Waals surface area contributed by atoms with Crippen LogP contribution in [0.5, 0.6) is 0 Å². The Bertz CT molecular complexity index is 1430. The molecule has 3 aromatic carbocycles. The van der Waals surface area contributed by atoms with Gasteiger partial charge in [0, 0.05) is 15.1 Å². The van der Waals surface area contributed by atoms with E-state index >= 15 is 0 Å². The van der Waals surface area contributed by atoms with Gasteiger partial charge in [-0.05, 0) is 36.2 Å². The second-order valence-corrected chi connectivity index (χ2v) is 9.98. The van der Waals surface area contributed by atoms with Gasteiger partial charge < -0.3 is 0 Å². The van der Waals surface area contributed by atoms with Crippen molar-refractivity contribution in [2.45, 2.75) is 13.5 Å². The van der Waals surface area contributed by atoms with Crippen LogP contribution in [0.3, 0.4) is 0 Å². The number of thiazole rings is 1. The number of halogens is 2. The number of aryl methyl sites for hydroxylation is 1. The van der Waals surface area contributed by atoms with E-state index in [0.29, 0.717) is 26.6 Å². The molecular weight excluding hydrogens is 467 g/mol. The number of benzene rings is 3. The van der Waals surface area contributed by atoms with Crippen LogP contribution in [0.4, 0.5) is 5.13 Å². The van der Waals surface area contributed by atoms with Crippen molar-refractivity contribution < 1.29 is 4.79 Å². The van der Waals surface area contributed by atoms with Crippen LogP contribution >= 0.6 is 45.9 Å². The van der Waals surface area contributed by atoms with Crippen molar-refractivity contribution in [1.82, 2.24) is 4.98 Å². The van der Waals surface area contributed by atoms with Gasteiger partial charge in [-0.1, -0.05) is 83.1 Å². The molecule has 0 saturated carbocycles. The summed E-state index contributed by atoms with van der Waals surface area (Å²) >= 11 is 15.8. The van der Waals surface area contributed by atoms with Crippen molar-refractivity contribution in [3.05, 3.63) is 92.8 Å². The summed E-state index contributed by atoms with van der Waals surface area (Å²) in [7, 11) is 0. The lowest BCUT2D eigenvalue weighted by atomic mass is 10.2. The summed E-state index contributed by atoms with van der Waals surface area (Å²) in [6.45, 7) is 2.34. The number of hydrogen-bond acceptors (Lipinski definition) is 4. The Morgan fingerprint density at radius 1 is 0.935 bits per heavy atom. The van der Waals surface area contributed by atoms with E-state index in [-0.39, 0.29) is 5.91 Å². The monoisotopic (exact) mass is 482 g/mol. The van der Waals surface area contributed by atoms with Crippen molar-refractivity contribution in [1.29, 1.82) is 0 Å². The van der Waals surface area contributed by atoms with Crippen molar-refractivity contribution in [3.63, 3.8) is 0 Å². The number of fused-ring (bicyclic) bond motifs is 2. The summed E-state index contributed by atoms with van der Waals surface area (Å²) in [5.41, 5.74) is 2.75. The molecule has 0 N–H and O–H groups in total. The third-order valence-corrected chi connectivity index (χ3v) is 8.24. The maximum absolute atomic E-state index is 13.8. The fourth-order valence-electron chi connectivity index (χ4n) is 3.47. The standard InChI is InChI=1S/C24H16Cl2N2OS2/c1-14-17(25)11-12-19-21(14)27-24(31-19)28(13-15-7-3-2-4-8-15)23(29)22-20(26)16-9-5-6-10-18(16)30-22/h2-12H,13H2,1H3. The van der Waals surface area contributed by atoms with Crippen molar-refractivity contribution >= 4 is 77.2 Å². The van der Waals surface area contributed by atoms with Gasteiger partial charge in [0.25, 0.3) is 5.91 Å². The molecule has 2 heterocycles. The van der Waals surface area contributed by atoms with E-state index in [0.717, 1.165) is 31.4 Å². The Balaban J connectivity index is 1.64. The third-order valence-electron chi connectivity index (χ3n) is 5.13. The Labute approximate surface area is 197 Å². The minimum Gasteiger partial charge on any atom is -0.279 e. The van der Waals surface area contributed by atoms with E-state index in [9.17, 15) is 4.79 Å². The van der Waals surface area contributed by atoms with Crippen LogP contribution in [0, 0.1) is 6.92 Å². The highest BCUT2D eigenvalue weighted by atomic mass is 35.5. The molecule has 0 aliphatic rings. The van der Waals surface area contributed by atoms with Crippen molar-refractivity contribution in [2.75, 3.05) is 4.90 Å². The van der Waals surface area contributed by atoms with Gasteiger partial charge in [0.1, 0.15) is 4.88 Å². The van der Waals surface area contributed by atoms with E-state index in [1.54, 1.807) is 4.90 Å². The summed E-state index contributed by atoms with van der Waals surface area (Å²) < 4.78 is 1.98. The van der Waals surface area contributed by atoms with Crippen LogP contribution in [0.25, 0.3) is 20.3 Å². The second-order valence-electron chi connectivity index (χ2n) is 7.13. The molecule has 0 radical (unpaired) electrons. The van der Waals surface area contributed by atoms with Gasteiger partial charge in [-0.25, -0.2) is 4.98 Å². The molecule has 5 aromatic rings. The molecule has 31 heavy (non-hydrogen) atoms. The summed E-state index contributed by atoms with van der Waals surface area (Å²) in [6, 6.07) is 21.5. The molecule has 154 valence electrons. The summed E-state index contributed by atoms with van der Waals surface area (Å²) in [5, 5.41) is 2.67. The predicted octanol–water partition coefficient (Wildman–Crippen LogP) is 7.97. The number of aromatic nitrogens is 1. The third kappa shape index (κ3) is 3.72. The minimum absolute atomic E-state index is 0.155.